The number of hydrogen-bond acceptors (Lipinski definition) is 5. The van der Waals surface area contributed by atoms with Crippen LogP contribution in [0.1, 0.15) is 0 Å². The number of nitrogen functional groups attached to an aromatic ring is 1. The number of nitrogens with one attached hydrogen (secondary N) is 1. The monoisotopic (exact) mass is 174 g/mol. The first kappa shape index (κ1) is 8.78. The number of nitrogens with two attached hydrogens (primary N) is 1. The van der Waals surface area contributed by atoms with E-state index in [1.807, 2.05) is 0 Å². The number of aliphatic hydroxyl groups excluding tert-OH is 1. The molecule has 0 spiro atoms. The quantitative estimate of drug-likeness (QED) is 0.228. The Balaban J connectivity index is 2.88. The molecule has 1 aromatic heterocycles. The highest BCUT2D eigenvalue weighted by atomic mass is 16.5. The summed E-state index contributed by atoms with van der Waals surface area (Å²) in [5.74, 6) is 4.97. The van der Waals surface area contributed by atoms with E-state index >= 15 is 0 Å². The molecule has 0 aliphatic carbocycles. The molecule has 0 bridgehead atoms. The Morgan fingerprint density at radius 2 is 2.25 bits per heavy atom. The van der Waals surface area contributed by atoms with Crippen LogP contribution in [0.5, 0.6) is 0 Å². The summed E-state index contributed by atoms with van der Waals surface area (Å²) in [7, 11) is 0. The van der Waals surface area contributed by atoms with Gasteiger partial charge < -0.3 is 10.2 Å². The number of imidazole rings is 1. The number of rotatable bonds is 3. The highest BCUT2D eigenvalue weighted by molar-refractivity contribution is 4.83. The van der Waals surface area contributed by atoms with Crippen LogP contribution in [0, 0.1) is 0 Å². The Bertz CT molecular complexity index is 302. The molecule has 7 heteroatoms. The minimum absolute atomic E-state index is 0.173. The van der Waals surface area contributed by atoms with Crippen LogP contribution in [0.25, 0.3) is 0 Å². The molecule has 0 unspecified atom stereocenters. The molecule has 0 amide bonds. The van der Waals surface area contributed by atoms with E-state index in [0.717, 1.165) is 9.24 Å². The van der Waals surface area contributed by atoms with Crippen molar-refractivity contribution in [2.24, 2.45) is 5.84 Å². The van der Waals surface area contributed by atoms with Crippen LogP contribution >= 0.6 is 0 Å². The van der Waals surface area contributed by atoms with Gasteiger partial charge in [0.25, 0.3) is 0 Å². The summed E-state index contributed by atoms with van der Waals surface area (Å²) < 4.78 is 2.13. The number of aromatic nitrogens is 2. The summed E-state index contributed by atoms with van der Waals surface area (Å²) in [5.41, 5.74) is 1.66. The Kier molecular flexibility index (Phi) is 2.48. The highest BCUT2D eigenvalue weighted by Gasteiger charge is 2.04. The van der Waals surface area contributed by atoms with Gasteiger partial charge in [-0.2, -0.15) is 0 Å². The van der Waals surface area contributed by atoms with E-state index < -0.39 is 12.0 Å². The second-order valence-electron chi connectivity index (χ2n) is 2.21. The maximum absolute atomic E-state index is 11.1. The summed E-state index contributed by atoms with van der Waals surface area (Å²) in [4.78, 5) is 11.1. The van der Waals surface area contributed by atoms with Crippen molar-refractivity contribution in [2.45, 2.75) is 12.8 Å². The largest absolute Gasteiger partial charge is 0.367 e. The summed E-state index contributed by atoms with van der Waals surface area (Å²) in [6, 6.07) is 0. The SMILES string of the molecule is NNn1ccn(CC(O)O)c1=O. The van der Waals surface area contributed by atoms with Gasteiger partial charge in [0.15, 0.2) is 6.29 Å². The van der Waals surface area contributed by atoms with Crippen molar-refractivity contribution in [3.05, 3.63) is 22.9 Å². The molecule has 12 heavy (non-hydrogen) atoms. The molecule has 68 valence electrons. The lowest BCUT2D eigenvalue weighted by molar-refractivity contribution is -0.0519. The lowest BCUT2D eigenvalue weighted by atomic mass is 10.6. The van der Waals surface area contributed by atoms with Crippen molar-refractivity contribution in [3.63, 3.8) is 0 Å². The normalized spacial score (nSPS) is 10.7. The van der Waals surface area contributed by atoms with Crippen LogP contribution in [0.3, 0.4) is 0 Å². The summed E-state index contributed by atoms with van der Waals surface area (Å²) in [6.45, 7) is -0.173. The van der Waals surface area contributed by atoms with E-state index in [2.05, 4.69) is 5.53 Å². The van der Waals surface area contributed by atoms with Gasteiger partial charge in [-0.1, -0.05) is 0 Å². The molecule has 1 heterocycles. The molecule has 0 saturated carbocycles. The number of hydrogen-bond donors (Lipinski definition) is 4. The zero-order valence-corrected chi connectivity index (χ0v) is 6.21. The summed E-state index contributed by atoms with van der Waals surface area (Å²) in [6.07, 6.45) is 1.23. The Morgan fingerprint density at radius 3 is 2.67 bits per heavy atom. The predicted octanol–water partition coefficient (Wildman–Crippen LogP) is -2.62. The standard InChI is InChI=1S/C5H10N4O3/c6-7-9-2-1-8(5(9)12)3-4(10)11/h1-2,4,7,10-11H,3,6H2. The lowest BCUT2D eigenvalue weighted by Gasteiger charge is -2.02. The molecule has 0 saturated heterocycles. The van der Waals surface area contributed by atoms with Crippen molar-refractivity contribution in [1.82, 2.24) is 9.24 Å². The van der Waals surface area contributed by atoms with Gasteiger partial charge in [-0.25, -0.2) is 15.3 Å². The maximum atomic E-state index is 11.1. The van der Waals surface area contributed by atoms with E-state index in [0.29, 0.717) is 0 Å². The summed E-state index contributed by atoms with van der Waals surface area (Å²) >= 11 is 0. The fourth-order valence-electron chi connectivity index (χ4n) is 0.826. The van der Waals surface area contributed by atoms with Gasteiger partial charge in [-0.05, 0) is 0 Å². The topological polar surface area (TPSA) is 105 Å². The maximum Gasteiger partial charge on any atom is 0.348 e. The smallest absolute Gasteiger partial charge is 0.348 e. The second-order valence-corrected chi connectivity index (χ2v) is 2.21. The molecule has 0 fully saturated rings. The number of aliphatic hydroxyl groups is 2. The molecule has 0 aliphatic heterocycles. The molecule has 1 aromatic rings. The van der Waals surface area contributed by atoms with Gasteiger partial charge in [0.05, 0.1) is 6.54 Å². The van der Waals surface area contributed by atoms with Crippen LogP contribution in [0.4, 0.5) is 0 Å². The van der Waals surface area contributed by atoms with Gasteiger partial charge in [-0.3, -0.25) is 10.1 Å². The zero-order chi connectivity index (χ0) is 9.14. The van der Waals surface area contributed by atoms with Gasteiger partial charge in [0, 0.05) is 12.4 Å². The van der Waals surface area contributed by atoms with Crippen LogP contribution in [0.2, 0.25) is 0 Å². The Morgan fingerprint density at radius 1 is 1.58 bits per heavy atom. The van der Waals surface area contributed by atoms with Crippen molar-refractivity contribution >= 4 is 0 Å². The first-order valence-corrected chi connectivity index (χ1v) is 3.25. The van der Waals surface area contributed by atoms with E-state index in [1.165, 1.54) is 12.4 Å². The fourth-order valence-corrected chi connectivity index (χ4v) is 0.826. The van der Waals surface area contributed by atoms with Crippen molar-refractivity contribution in [2.75, 3.05) is 5.53 Å². The van der Waals surface area contributed by atoms with E-state index in [4.69, 9.17) is 16.1 Å². The number of hydrazine groups is 1. The fraction of sp³-hybridized carbons (Fsp3) is 0.400. The lowest BCUT2D eigenvalue weighted by Crippen LogP contribution is -2.35. The van der Waals surface area contributed by atoms with Gasteiger partial charge >= 0.3 is 5.69 Å². The zero-order valence-electron chi connectivity index (χ0n) is 6.21. The third-order valence-corrected chi connectivity index (χ3v) is 1.35. The molecule has 7 nitrogen and oxygen atoms in total. The molecule has 0 radical (unpaired) electrons. The van der Waals surface area contributed by atoms with Gasteiger partial charge in [-0.15, -0.1) is 0 Å². The third kappa shape index (κ3) is 1.64. The minimum atomic E-state index is -1.55. The van der Waals surface area contributed by atoms with Crippen LogP contribution < -0.4 is 17.1 Å². The van der Waals surface area contributed by atoms with Crippen molar-refractivity contribution < 1.29 is 10.2 Å². The first-order valence-electron chi connectivity index (χ1n) is 3.25. The second kappa shape index (κ2) is 3.39. The van der Waals surface area contributed by atoms with E-state index in [-0.39, 0.29) is 6.54 Å². The van der Waals surface area contributed by atoms with Gasteiger partial charge in [0.2, 0.25) is 0 Å². The molecular weight excluding hydrogens is 164 g/mol. The molecule has 0 aliphatic rings. The van der Waals surface area contributed by atoms with Crippen LogP contribution in [-0.4, -0.2) is 25.7 Å². The molecule has 1 rings (SSSR count). The highest BCUT2D eigenvalue weighted by Crippen LogP contribution is 1.84. The van der Waals surface area contributed by atoms with Crippen molar-refractivity contribution in [3.8, 4) is 0 Å². The van der Waals surface area contributed by atoms with Crippen LogP contribution in [0.15, 0.2) is 17.2 Å². The Hall–Kier alpha value is -1.31. The predicted molar refractivity (Wildman–Crippen MR) is 40.5 cm³/mol. The average Bonchev–Trinajstić information content (AvgIpc) is 2.32. The minimum Gasteiger partial charge on any atom is -0.367 e. The average molecular weight is 174 g/mol. The molecule has 0 atom stereocenters. The van der Waals surface area contributed by atoms with E-state index in [1.54, 1.807) is 0 Å². The first-order chi connectivity index (χ1) is 5.65. The van der Waals surface area contributed by atoms with Crippen molar-refractivity contribution in [1.29, 1.82) is 0 Å². The summed E-state index contributed by atoms with van der Waals surface area (Å²) in [5, 5.41) is 17.1. The number of nitrogens with zero attached hydrogens (tertiary/aromatic N) is 2. The molecule has 5 N–H and O–H groups in total. The third-order valence-electron chi connectivity index (χ3n) is 1.35. The van der Waals surface area contributed by atoms with Crippen LogP contribution in [-0.2, 0) is 6.54 Å². The van der Waals surface area contributed by atoms with E-state index in [9.17, 15) is 4.79 Å². The molecular formula is C5H10N4O3. The Labute approximate surface area is 67.6 Å². The van der Waals surface area contributed by atoms with Gasteiger partial charge in [0.1, 0.15) is 0 Å². The molecule has 0 aromatic carbocycles.